The number of aliphatic carboxylic acids is 1. The Kier molecular flexibility index (Phi) is 8.49. The third-order valence-corrected chi connectivity index (χ3v) is 8.20. The van der Waals surface area contributed by atoms with E-state index in [9.17, 15) is 9.90 Å². The van der Waals surface area contributed by atoms with Crippen molar-refractivity contribution in [1.29, 1.82) is 0 Å². The summed E-state index contributed by atoms with van der Waals surface area (Å²) in [5.74, 6) is -0.858. The van der Waals surface area contributed by atoms with Crippen LogP contribution in [-0.4, -0.2) is 40.0 Å². The highest BCUT2D eigenvalue weighted by atomic mass is 16.5. The maximum absolute atomic E-state index is 11.2. The molecule has 0 unspecified atom stereocenters. The van der Waals surface area contributed by atoms with Gasteiger partial charge in [0.1, 0.15) is 0 Å². The summed E-state index contributed by atoms with van der Waals surface area (Å²) in [5.41, 5.74) is 7.80. The van der Waals surface area contributed by atoms with Crippen LogP contribution in [0.2, 0.25) is 0 Å². The number of carboxylic acids is 1. The summed E-state index contributed by atoms with van der Waals surface area (Å²) in [4.78, 5) is 15.4. The van der Waals surface area contributed by atoms with E-state index in [1.807, 2.05) is 12.1 Å². The molecule has 0 atom stereocenters. The van der Waals surface area contributed by atoms with E-state index in [-0.39, 0.29) is 11.8 Å². The SMILES string of the molecule is CCC(CC)(c1ccc(C=CC2(O)CCOCC2)c(C)c1)c1ccc(-c2cncc(CC(=O)O)c2)c(C)c1. The normalized spacial score (nSPS) is 15.6. The smallest absolute Gasteiger partial charge is 0.307 e. The van der Waals surface area contributed by atoms with E-state index in [0.717, 1.165) is 35.1 Å². The van der Waals surface area contributed by atoms with Gasteiger partial charge in [0.05, 0.1) is 12.0 Å². The molecule has 200 valence electrons. The van der Waals surface area contributed by atoms with Crippen molar-refractivity contribution < 1.29 is 19.7 Å². The van der Waals surface area contributed by atoms with E-state index in [0.29, 0.717) is 31.6 Å². The van der Waals surface area contributed by atoms with Crippen LogP contribution in [0, 0.1) is 13.8 Å². The molecular weight excluding hydrogens is 474 g/mol. The Labute approximate surface area is 226 Å². The predicted molar refractivity (Wildman–Crippen MR) is 152 cm³/mol. The summed E-state index contributed by atoms with van der Waals surface area (Å²) in [7, 11) is 0. The number of carbonyl (C=O) groups is 1. The molecule has 1 aliphatic rings. The van der Waals surface area contributed by atoms with Crippen LogP contribution in [-0.2, 0) is 21.4 Å². The summed E-state index contributed by atoms with van der Waals surface area (Å²) < 4.78 is 5.40. The van der Waals surface area contributed by atoms with Gasteiger partial charge in [0.25, 0.3) is 0 Å². The fourth-order valence-corrected chi connectivity index (χ4v) is 5.72. The molecule has 0 aliphatic carbocycles. The van der Waals surface area contributed by atoms with Crippen molar-refractivity contribution in [2.75, 3.05) is 13.2 Å². The molecule has 0 spiro atoms. The second-order valence-electron chi connectivity index (χ2n) is 10.6. The van der Waals surface area contributed by atoms with Gasteiger partial charge in [-0.25, -0.2) is 0 Å². The van der Waals surface area contributed by atoms with Gasteiger partial charge in [0.2, 0.25) is 0 Å². The first kappa shape index (κ1) is 27.7. The molecule has 38 heavy (non-hydrogen) atoms. The standard InChI is InChI=1S/C33H39NO4/c1-5-33(6-2,28-8-7-26(23(3)17-28)11-12-32(37)13-15-38-16-14-32)29-9-10-30(24(4)18-29)27-19-25(20-31(35)36)21-34-22-27/h7-12,17-19,21-22,37H,5-6,13-16,20H2,1-4H3,(H,35,36). The lowest BCUT2D eigenvalue weighted by Gasteiger charge is -2.34. The average Bonchev–Trinajstić information content (AvgIpc) is 2.89. The zero-order chi connectivity index (χ0) is 27.3. The van der Waals surface area contributed by atoms with Crippen LogP contribution >= 0.6 is 0 Å². The van der Waals surface area contributed by atoms with Crippen molar-refractivity contribution >= 4 is 12.0 Å². The molecule has 5 heteroatoms. The summed E-state index contributed by atoms with van der Waals surface area (Å²) in [5, 5.41) is 20.0. The molecule has 2 aromatic carbocycles. The summed E-state index contributed by atoms with van der Waals surface area (Å²) >= 11 is 0. The molecule has 3 aromatic rings. The van der Waals surface area contributed by atoms with Gasteiger partial charge >= 0.3 is 5.97 Å². The number of carboxylic acid groups (broad SMARTS) is 1. The highest BCUT2D eigenvalue weighted by molar-refractivity contribution is 5.73. The van der Waals surface area contributed by atoms with E-state index in [1.165, 1.54) is 16.7 Å². The highest BCUT2D eigenvalue weighted by Gasteiger charge is 2.31. The van der Waals surface area contributed by atoms with Gasteiger partial charge in [0, 0.05) is 49.4 Å². The molecule has 1 aliphatic heterocycles. The Bertz CT molecular complexity index is 1320. The van der Waals surface area contributed by atoms with E-state index >= 15 is 0 Å². The van der Waals surface area contributed by atoms with Gasteiger partial charge in [-0.1, -0.05) is 62.4 Å². The number of hydrogen-bond donors (Lipinski definition) is 2. The highest BCUT2D eigenvalue weighted by Crippen LogP contribution is 2.41. The number of aryl methyl sites for hydroxylation is 2. The van der Waals surface area contributed by atoms with Crippen molar-refractivity contribution in [3.05, 3.63) is 94.3 Å². The third-order valence-electron chi connectivity index (χ3n) is 8.20. The Morgan fingerprint density at radius 2 is 1.66 bits per heavy atom. The molecule has 0 saturated carbocycles. The van der Waals surface area contributed by atoms with Crippen LogP contribution in [0.4, 0.5) is 0 Å². The number of hydrogen-bond acceptors (Lipinski definition) is 4. The molecule has 0 amide bonds. The van der Waals surface area contributed by atoms with Crippen molar-refractivity contribution in [2.24, 2.45) is 0 Å². The quantitative estimate of drug-likeness (QED) is 0.335. The minimum Gasteiger partial charge on any atom is -0.481 e. The minimum atomic E-state index is -0.858. The average molecular weight is 514 g/mol. The Balaban J connectivity index is 1.65. The molecule has 5 nitrogen and oxygen atoms in total. The number of ether oxygens (including phenoxy) is 1. The van der Waals surface area contributed by atoms with Gasteiger partial charge in [0.15, 0.2) is 0 Å². The summed E-state index contributed by atoms with van der Waals surface area (Å²) in [6, 6.07) is 15.2. The van der Waals surface area contributed by atoms with Gasteiger partial charge in [-0.3, -0.25) is 9.78 Å². The van der Waals surface area contributed by atoms with E-state index in [4.69, 9.17) is 9.84 Å². The monoisotopic (exact) mass is 513 g/mol. The molecule has 1 fully saturated rings. The van der Waals surface area contributed by atoms with Crippen LogP contribution in [0.5, 0.6) is 0 Å². The third kappa shape index (κ3) is 5.90. The predicted octanol–water partition coefficient (Wildman–Crippen LogP) is 6.65. The number of aliphatic hydroxyl groups is 1. The first-order valence-electron chi connectivity index (χ1n) is 13.6. The first-order chi connectivity index (χ1) is 18.2. The Morgan fingerprint density at radius 1 is 1.00 bits per heavy atom. The zero-order valence-electron chi connectivity index (χ0n) is 23.0. The second-order valence-corrected chi connectivity index (χ2v) is 10.6. The second kappa shape index (κ2) is 11.6. The van der Waals surface area contributed by atoms with Crippen molar-refractivity contribution in [2.45, 2.75) is 70.8 Å². The number of pyridine rings is 1. The first-order valence-corrected chi connectivity index (χ1v) is 13.6. The number of aromatic nitrogens is 1. The summed E-state index contributed by atoms with van der Waals surface area (Å²) in [6.45, 7) is 9.93. The van der Waals surface area contributed by atoms with E-state index < -0.39 is 11.6 Å². The number of nitrogens with zero attached hydrogens (tertiary/aromatic N) is 1. The van der Waals surface area contributed by atoms with Crippen LogP contribution in [0.25, 0.3) is 17.2 Å². The van der Waals surface area contributed by atoms with Gasteiger partial charge in [-0.15, -0.1) is 0 Å². The number of benzene rings is 2. The maximum Gasteiger partial charge on any atom is 0.307 e. The minimum absolute atomic E-state index is 0.0367. The molecule has 0 bridgehead atoms. The Morgan fingerprint density at radius 3 is 2.26 bits per heavy atom. The molecule has 1 aromatic heterocycles. The fourth-order valence-electron chi connectivity index (χ4n) is 5.72. The fraction of sp³-hybridized carbons (Fsp3) is 0.394. The van der Waals surface area contributed by atoms with Gasteiger partial charge in [-0.05, 0) is 71.7 Å². The lowest BCUT2D eigenvalue weighted by molar-refractivity contribution is -0.136. The molecular formula is C33H39NO4. The van der Waals surface area contributed by atoms with Crippen LogP contribution in [0.1, 0.15) is 72.9 Å². The zero-order valence-corrected chi connectivity index (χ0v) is 23.0. The van der Waals surface area contributed by atoms with Crippen molar-refractivity contribution in [3.8, 4) is 11.1 Å². The van der Waals surface area contributed by atoms with Crippen molar-refractivity contribution in [1.82, 2.24) is 4.98 Å². The van der Waals surface area contributed by atoms with E-state index in [2.05, 4.69) is 75.2 Å². The lowest BCUT2D eigenvalue weighted by atomic mass is 9.69. The molecule has 0 radical (unpaired) electrons. The molecule has 1 saturated heterocycles. The molecule has 2 N–H and O–H groups in total. The lowest BCUT2D eigenvalue weighted by Crippen LogP contribution is -2.33. The van der Waals surface area contributed by atoms with Gasteiger partial charge < -0.3 is 14.9 Å². The van der Waals surface area contributed by atoms with E-state index in [1.54, 1.807) is 12.4 Å². The number of rotatable bonds is 9. The van der Waals surface area contributed by atoms with Crippen molar-refractivity contribution in [3.63, 3.8) is 0 Å². The Hall–Kier alpha value is -3.28. The van der Waals surface area contributed by atoms with Crippen LogP contribution in [0.15, 0.2) is 60.9 Å². The molecule has 4 rings (SSSR count). The topological polar surface area (TPSA) is 79.7 Å². The molecule has 2 heterocycles. The van der Waals surface area contributed by atoms with Crippen LogP contribution < -0.4 is 0 Å². The largest absolute Gasteiger partial charge is 0.481 e. The summed E-state index contributed by atoms with van der Waals surface area (Å²) in [6.07, 6.45) is 10.6. The van der Waals surface area contributed by atoms with Gasteiger partial charge in [-0.2, -0.15) is 0 Å². The maximum atomic E-state index is 11.2. The van der Waals surface area contributed by atoms with Crippen LogP contribution in [0.3, 0.4) is 0 Å².